The third-order valence-electron chi connectivity index (χ3n) is 3.06. The third kappa shape index (κ3) is 2.72. The van der Waals surface area contributed by atoms with E-state index < -0.39 is 10.0 Å². The van der Waals surface area contributed by atoms with Crippen molar-refractivity contribution in [3.05, 3.63) is 6.20 Å². The van der Waals surface area contributed by atoms with Gasteiger partial charge in [-0.15, -0.1) is 0 Å². The van der Waals surface area contributed by atoms with Crippen LogP contribution in [0, 0.1) is 11.3 Å². The highest BCUT2D eigenvalue weighted by Crippen LogP contribution is 2.33. The van der Waals surface area contributed by atoms with Crippen molar-refractivity contribution in [1.29, 1.82) is 5.26 Å². The van der Waals surface area contributed by atoms with E-state index in [4.69, 9.17) is 11.0 Å². The molecule has 0 aromatic carbocycles. The number of nitriles is 1. The molecule has 19 heavy (non-hydrogen) atoms. The first-order valence-corrected chi connectivity index (χ1v) is 7.66. The minimum Gasteiger partial charge on any atom is -0.381 e. The first-order chi connectivity index (χ1) is 9.00. The molecule has 7 nitrogen and oxygen atoms in total. The zero-order valence-electron chi connectivity index (χ0n) is 10.8. The van der Waals surface area contributed by atoms with Crippen molar-refractivity contribution >= 4 is 15.8 Å². The highest BCUT2D eigenvalue weighted by Gasteiger charge is 2.39. The Morgan fingerprint density at radius 2 is 2.32 bits per heavy atom. The Morgan fingerprint density at radius 1 is 1.63 bits per heavy atom. The van der Waals surface area contributed by atoms with Crippen LogP contribution >= 0.6 is 0 Å². The maximum Gasteiger partial charge on any atom is 0.248 e. The molecule has 1 aliphatic rings. The van der Waals surface area contributed by atoms with E-state index in [9.17, 15) is 8.42 Å². The maximum atomic E-state index is 12.6. The fourth-order valence-electron chi connectivity index (χ4n) is 1.93. The molecule has 0 bridgehead atoms. The van der Waals surface area contributed by atoms with Crippen LogP contribution in [0.3, 0.4) is 0 Å². The first kappa shape index (κ1) is 13.8. The van der Waals surface area contributed by atoms with Crippen LogP contribution in [0.15, 0.2) is 11.1 Å². The molecule has 0 radical (unpaired) electrons. The summed E-state index contributed by atoms with van der Waals surface area (Å²) in [5, 5.41) is 12.6. The minimum atomic E-state index is -3.66. The highest BCUT2D eigenvalue weighted by atomic mass is 32.2. The van der Waals surface area contributed by atoms with Crippen molar-refractivity contribution < 1.29 is 8.42 Å². The number of hydrogen-bond acceptors (Lipinski definition) is 5. The van der Waals surface area contributed by atoms with Gasteiger partial charge < -0.3 is 5.73 Å². The second kappa shape index (κ2) is 5.19. The van der Waals surface area contributed by atoms with Crippen LogP contribution in [-0.2, 0) is 16.6 Å². The number of aromatic nitrogens is 2. The molecule has 1 aromatic rings. The second-order valence-electron chi connectivity index (χ2n) is 4.49. The largest absolute Gasteiger partial charge is 0.381 e. The molecule has 0 saturated heterocycles. The number of aryl methyl sites for hydroxylation is 1. The molecule has 0 amide bonds. The van der Waals surface area contributed by atoms with E-state index in [1.807, 2.05) is 13.0 Å². The minimum absolute atomic E-state index is 0.00252. The van der Waals surface area contributed by atoms with Gasteiger partial charge in [-0.2, -0.15) is 14.7 Å². The average Bonchev–Trinajstić information content (AvgIpc) is 3.11. The molecule has 1 heterocycles. The molecule has 0 unspecified atom stereocenters. The van der Waals surface area contributed by atoms with Crippen molar-refractivity contribution in [1.82, 2.24) is 14.1 Å². The smallest absolute Gasteiger partial charge is 0.248 e. The van der Waals surface area contributed by atoms with Gasteiger partial charge in [-0.3, -0.25) is 4.68 Å². The van der Waals surface area contributed by atoms with Crippen LogP contribution in [0.1, 0.15) is 26.2 Å². The molecular weight excluding hydrogens is 266 g/mol. The Kier molecular flexibility index (Phi) is 3.78. The second-order valence-corrected chi connectivity index (χ2v) is 6.35. The molecule has 0 spiro atoms. The number of hydrogen-bond donors (Lipinski definition) is 1. The molecule has 1 fully saturated rings. The van der Waals surface area contributed by atoms with Gasteiger partial charge in [0.15, 0.2) is 5.82 Å². The van der Waals surface area contributed by atoms with Crippen LogP contribution in [0.5, 0.6) is 0 Å². The van der Waals surface area contributed by atoms with Crippen molar-refractivity contribution in [3.8, 4) is 6.07 Å². The summed E-state index contributed by atoms with van der Waals surface area (Å²) >= 11 is 0. The Hall–Kier alpha value is -1.59. The van der Waals surface area contributed by atoms with Gasteiger partial charge in [0.1, 0.15) is 4.90 Å². The number of nitrogens with two attached hydrogens (primary N) is 1. The molecule has 1 aliphatic carbocycles. The monoisotopic (exact) mass is 283 g/mol. The third-order valence-corrected chi connectivity index (χ3v) is 5.03. The van der Waals surface area contributed by atoms with Crippen LogP contribution in [-0.4, -0.2) is 35.1 Å². The van der Waals surface area contributed by atoms with E-state index in [0.717, 1.165) is 12.8 Å². The lowest BCUT2D eigenvalue weighted by Crippen LogP contribution is -2.34. The van der Waals surface area contributed by atoms with Gasteiger partial charge in [0, 0.05) is 31.7 Å². The van der Waals surface area contributed by atoms with Crippen molar-refractivity contribution in [2.24, 2.45) is 0 Å². The summed E-state index contributed by atoms with van der Waals surface area (Å²) < 4.78 is 28.0. The normalized spacial score (nSPS) is 15.6. The number of rotatable bonds is 6. The van der Waals surface area contributed by atoms with Gasteiger partial charge >= 0.3 is 0 Å². The van der Waals surface area contributed by atoms with Crippen LogP contribution in [0.4, 0.5) is 5.82 Å². The zero-order valence-corrected chi connectivity index (χ0v) is 11.6. The predicted octanol–water partition coefficient (Wildman–Crippen LogP) is 0.552. The van der Waals surface area contributed by atoms with Gasteiger partial charge in [-0.25, -0.2) is 8.42 Å². The lowest BCUT2D eigenvalue weighted by Gasteiger charge is -2.19. The Balaban J connectivity index is 2.33. The van der Waals surface area contributed by atoms with E-state index in [1.165, 1.54) is 15.2 Å². The lowest BCUT2D eigenvalue weighted by atomic mass is 10.4. The Morgan fingerprint density at radius 3 is 2.79 bits per heavy atom. The van der Waals surface area contributed by atoms with Crippen LogP contribution in [0.25, 0.3) is 0 Å². The lowest BCUT2D eigenvalue weighted by molar-refractivity contribution is 0.411. The van der Waals surface area contributed by atoms with Gasteiger partial charge in [0.25, 0.3) is 0 Å². The van der Waals surface area contributed by atoms with Crippen LogP contribution in [0.2, 0.25) is 0 Å². The van der Waals surface area contributed by atoms with E-state index in [1.54, 1.807) is 0 Å². The SMILES string of the molecule is CCn1cc(S(=O)(=O)N(CCC#N)C2CC2)c(N)n1. The van der Waals surface area contributed by atoms with E-state index in [2.05, 4.69) is 5.10 Å². The molecule has 0 atom stereocenters. The molecule has 0 aliphatic heterocycles. The van der Waals surface area contributed by atoms with Gasteiger partial charge in [-0.1, -0.05) is 0 Å². The van der Waals surface area contributed by atoms with Crippen molar-refractivity contribution in [3.63, 3.8) is 0 Å². The van der Waals surface area contributed by atoms with Gasteiger partial charge in [0.2, 0.25) is 10.0 Å². The zero-order chi connectivity index (χ0) is 14.0. The highest BCUT2D eigenvalue weighted by molar-refractivity contribution is 7.89. The van der Waals surface area contributed by atoms with E-state index in [-0.39, 0.29) is 29.7 Å². The quantitative estimate of drug-likeness (QED) is 0.820. The summed E-state index contributed by atoms with van der Waals surface area (Å²) in [7, 11) is -3.66. The molecule has 104 valence electrons. The first-order valence-electron chi connectivity index (χ1n) is 6.22. The molecule has 1 aromatic heterocycles. The topological polar surface area (TPSA) is 105 Å². The number of anilines is 1. The molecule has 2 rings (SSSR count). The fraction of sp³-hybridized carbons (Fsp3) is 0.636. The Bertz CT molecular complexity index is 597. The summed E-state index contributed by atoms with van der Waals surface area (Å²) in [6.07, 6.45) is 3.31. The standard InChI is InChI=1S/C11H17N5O2S/c1-2-15-8-10(11(13)14-15)19(17,18)16(7-3-6-12)9-4-5-9/h8-9H,2-5,7H2,1H3,(H2,13,14). The number of nitrogens with zero attached hydrogens (tertiary/aromatic N) is 4. The Labute approximate surface area is 112 Å². The van der Waals surface area contributed by atoms with Crippen molar-refractivity contribution in [2.45, 2.75) is 43.7 Å². The number of nitrogen functional groups attached to an aromatic ring is 1. The predicted molar refractivity (Wildman–Crippen MR) is 69.5 cm³/mol. The molecule has 2 N–H and O–H groups in total. The molecule has 8 heteroatoms. The van der Waals surface area contributed by atoms with Crippen LogP contribution < -0.4 is 5.73 Å². The maximum absolute atomic E-state index is 12.6. The van der Waals surface area contributed by atoms with E-state index in [0.29, 0.717) is 6.54 Å². The summed E-state index contributed by atoms with van der Waals surface area (Å²) in [6.45, 7) is 2.62. The summed E-state index contributed by atoms with van der Waals surface area (Å²) in [4.78, 5) is 0.0409. The summed E-state index contributed by atoms with van der Waals surface area (Å²) in [5.41, 5.74) is 5.69. The summed E-state index contributed by atoms with van der Waals surface area (Å²) in [6, 6.07) is 1.98. The summed E-state index contributed by atoms with van der Waals surface area (Å²) in [5.74, 6) is 0.0180. The average molecular weight is 283 g/mol. The van der Waals surface area contributed by atoms with Crippen molar-refractivity contribution in [2.75, 3.05) is 12.3 Å². The number of sulfonamides is 1. The molecular formula is C11H17N5O2S. The molecule has 1 saturated carbocycles. The fourth-order valence-corrected chi connectivity index (χ4v) is 3.67. The van der Waals surface area contributed by atoms with E-state index >= 15 is 0 Å². The van der Waals surface area contributed by atoms with Gasteiger partial charge in [0.05, 0.1) is 6.07 Å². The van der Waals surface area contributed by atoms with Gasteiger partial charge in [-0.05, 0) is 19.8 Å².